The Morgan fingerprint density at radius 1 is 1.33 bits per heavy atom. The third kappa shape index (κ3) is 4.21. The summed E-state index contributed by atoms with van der Waals surface area (Å²) in [5.41, 5.74) is 0.817. The highest BCUT2D eigenvalue weighted by atomic mass is 32.2. The maximum absolute atomic E-state index is 11.3. The van der Waals surface area contributed by atoms with Crippen molar-refractivity contribution in [3.8, 4) is 0 Å². The Labute approximate surface area is 106 Å². The average Bonchev–Trinajstić information content (AvgIpc) is 2.27. The zero-order valence-electron chi connectivity index (χ0n) is 10.2. The van der Waals surface area contributed by atoms with Crippen LogP contribution in [0.2, 0.25) is 0 Å². The highest BCUT2D eigenvalue weighted by Gasteiger charge is 2.07. The summed E-state index contributed by atoms with van der Waals surface area (Å²) in [6, 6.07) is 6.43. The van der Waals surface area contributed by atoms with E-state index in [1.54, 1.807) is 19.2 Å². The van der Waals surface area contributed by atoms with Gasteiger partial charge in [0.1, 0.15) is 0 Å². The van der Waals surface area contributed by atoms with Gasteiger partial charge in [-0.05, 0) is 24.3 Å². The number of carboxylic acid groups (broad SMARTS) is 1. The second-order valence-electron chi connectivity index (χ2n) is 3.89. The van der Waals surface area contributed by atoms with Crippen molar-refractivity contribution in [3.05, 3.63) is 36.4 Å². The minimum atomic E-state index is -3.18. The number of benzene rings is 1. The average molecular weight is 269 g/mol. The summed E-state index contributed by atoms with van der Waals surface area (Å²) >= 11 is 0. The fraction of sp³-hybridized carbons (Fsp3) is 0.250. The number of hydrogen-bond acceptors (Lipinski definition) is 4. The number of anilines is 1. The Hall–Kier alpha value is -1.82. The lowest BCUT2D eigenvalue weighted by molar-refractivity contribution is -0.131. The lowest BCUT2D eigenvalue weighted by Crippen LogP contribution is -2.17. The molecule has 0 saturated heterocycles. The monoisotopic (exact) mass is 269 g/mol. The number of aliphatic carboxylic acids is 1. The van der Waals surface area contributed by atoms with Gasteiger partial charge in [-0.3, -0.25) is 0 Å². The van der Waals surface area contributed by atoms with Crippen LogP contribution < -0.4 is 4.90 Å². The predicted molar refractivity (Wildman–Crippen MR) is 69.6 cm³/mol. The standard InChI is InChI=1S/C12H15NO4S/c1-13(9-3-4-12(14)15)10-5-7-11(8-6-10)18(2,16)17/h3-8H,9H2,1-2H3,(H,14,15)/b4-3+. The third-order valence-electron chi connectivity index (χ3n) is 2.35. The molecule has 0 fully saturated rings. The van der Waals surface area contributed by atoms with E-state index in [1.165, 1.54) is 18.2 Å². The van der Waals surface area contributed by atoms with Crippen molar-refractivity contribution in [1.29, 1.82) is 0 Å². The fourth-order valence-corrected chi connectivity index (χ4v) is 2.00. The van der Waals surface area contributed by atoms with E-state index in [-0.39, 0.29) is 4.90 Å². The molecular formula is C12H15NO4S. The Bertz CT molecular complexity index is 546. The summed E-state index contributed by atoms with van der Waals surface area (Å²) in [7, 11) is -1.39. The first-order valence-electron chi connectivity index (χ1n) is 5.21. The highest BCUT2D eigenvalue weighted by Crippen LogP contribution is 2.16. The van der Waals surface area contributed by atoms with Crippen molar-refractivity contribution in [1.82, 2.24) is 0 Å². The summed E-state index contributed by atoms with van der Waals surface area (Å²) in [5, 5.41) is 8.45. The van der Waals surface area contributed by atoms with Crippen molar-refractivity contribution in [2.75, 3.05) is 24.7 Å². The van der Waals surface area contributed by atoms with Gasteiger partial charge in [-0.2, -0.15) is 0 Å². The zero-order valence-corrected chi connectivity index (χ0v) is 11.0. The van der Waals surface area contributed by atoms with Crippen molar-refractivity contribution in [3.63, 3.8) is 0 Å². The van der Waals surface area contributed by atoms with Crippen LogP contribution >= 0.6 is 0 Å². The molecule has 0 amide bonds. The molecule has 1 aromatic carbocycles. The van der Waals surface area contributed by atoms with Gasteiger partial charge in [0.2, 0.25) is 0 Å². The molecule has 1 rings (SSSR count). The quantitative estimate of drug-likeness (QED) is 0.812. The number of hydrogen-bond donors (Lipinski definition) is 1. The number of nitrogens with zero attached hydrogens (tertiary/aromatic N) is 1. The molecule has 6 heteroatoms. The van der Waals surface area contributed by atoms with Crippen molar-refractivity contribution in [2.45, 2.75) is 4.90 Å². The van der Waals surface area contributed by atoms with Crippen LogP contribution in [0.5, 0.6) is 0 Å². The first-order chi connectivity index (χ1) is 8.30. The second kappa shape index (κ2) is 5.68. The van der Waals surface area contributed by atoms with Crippen LogP contribution in [0.3, 0.4) is 0 Å². The maximum Gasteiger partial charge on any atom is 0.328 e. The van der Waals surface area contributed by atoms with Crippen LogP contribution in [0.1, 0.15) is 0 Å². The normalized spacial score (nSPS) is 11.7. The van der Waals surface area contributed by atoms with Gasteiger partial charge in [-0.25, -0.2) is 13.2 Å². The van der Waals surface area contributed by atoms with Crippen LogP contribution in [0, 0.1) is 0 Å². The van der Waals surface area contributed by atoms with E-state index in [2.05, 4.69) is 0 Å². The predicted octanol–water partition coefficient (Wildman–Crippen LogP) is 1.17. The van der Waals surface area contributed by atoms with E-state index >= 15 is 0 Å². The van der Waals surface area contributed by atoms with Gasteiger partial charge in [-0.1, -0.05) is 6.08 Å². The zero-order chi connectivity index (χ0) is 13.8. The number of sulfone groups is 1. The molecule has 0 aromatic heterocycles. The van der Waals surface area contributed by atoms with Crippen molar-refractivity contribution < 1.29 is 18.3 Å². The molecule has 0 aliphatic rings. The molecule has 98 valence electrons. The SMILES string of the molecule is CN(C/C=C/C(=O)O)c1ccc(S(C)(=O)=O)cc1. The number of carboxylic acids is 1. The largest absolute Gasteiger partial charge is 0.478 e. The molecule has 1 aromatic rings. The summed E-state index contributed by atoms with van der Waals surface area (Å²) in [5.74, 6) is -0.990. The smallest absolute Gasteiger partial charge is 0.328 e. The Balaban J connectivity index is 2.76. The van der Waals surface area contributed by atoms with Gasteiger partial charge in [0.05, 0.1) is 4.90 Å². The second-order valence-corrected chi connectivity index (χ2v) is 5.90. The molecule has 0 unspecified atom stereocenters. The summed E-state index contributed by atoms with van der Waals surface area (Å²) < 4.78 is 22.5. The summed E-state index contributed by atoms with van der Waals surface area (Å²) in [6.07, 6.45) is 3.75. The number of rotatable bonds is 5. The summed E-state index contributed by atoms with van der Waals surface area (Å²) in [4.78, 5) is 12.4. The van der Waals surface area contributed by atoms with Gasteiger partial charge in [0.15, 0.2) is 9.84 Å². The first kappa shape index (κ1) is 14.2. The number of likely N-dealkylation sites (N-methyl/N-ethyl adjacent to an activating group) is 1. The third-order valence-corrected chi connectivity index (χ3v) is 3.47. The van der Waals surface area contributed by atoms with E-state index in [1.807, 2.05) is 4.90 Å². The minimum absolute atomic E-state index is 0.265. The fourth-order valence-electron chi connectivity index (χ4n) is 1.36. The molecule has 0 atom stereocenters. The van der Waals surface area contributed by atoms with Gasteiger partial charge in [0, 0.05) is 31.6 Å². The topological polar surface area (TPSA) is 74.7 Å². The molecule has 0 aliphatic heterocycles. The first-order valence-corrected chi connectivity index (χ1v) is 7.10. The van der Waals surface area contributed by atoms with Crippen LogP contribution in [0.15, 0.2) is 41.3 Å². The Morgan fingerprint density at radius 2 is 1.89 bits per heavy atom. The van der Waals surface area contributed by atoms with E-state index < -0.39 is 15.8 Å². The molecule has 1 N–H and O–H groups in total. The Kier molecular flexibility index (Phi) is 4.49. The minimum Gasteiger partial charge on any atom is -0.478 e. The van der Waals surface area contributed by atoms with Crippen LogP contribution in [0.4, 0.5) is 5.69 Å². The molecule has 0 heterocycles. The molecule has 0 aliphatic carbocycles. The van der Waals surface area contributed by atoms with Crippen molar-refractivity contribution >= 4 is 21.5 Å². The lowest BCUT2D eigenvalue weighted by Gasteiger charge is -2.17. The Morgan fingerprint density at radius 3 is 2.33 bits per heavy atom. The molecule has 0 bridgehead atoms. The highest BCUT2D eigenvalue weighted by molar-refractivity contribution is 7.90. The molecule has 5 nitrogen and oxygen atoms in total. The van der Waals surface area contributed by atoms with Gasteiger partial charge in [-0.15, -0.1) is 0 Å². The van der Waals surface area contributed by atoms with E-state index in [4.69, 9.17) is 5.11 Å². The van der Waals surface area contributed by atoms with Crippen molar-refractivity contribution in [2.24, 2.45) is 0 Å². The van der Waals surface area contributed by atoms with E-state index in [0.29, 0.717) is 6.54 Å². The maximum atomic E-state index is 11.3. The van der Waals surface area contributed by atoms with Crippen LogP contribution in [0.25, 0.3) is 0 Å². The van der Waals surface area contributed by atoms with E-state index in [9.17, 15) is 13.2 Å². The molecule has 0 radical (unpaired) electrons. The number of carbonyl (C=O) groups is 1. The summed E-state index contributed by atoms with van der Waals surface area (Å²) in [6.45, 7) is 0.435. The van der Waals surface area contributed by atoms with Crippen LogP contribution in [-0.4, -0.2) is 39.3 Å². The molecule has 18 heavy (non-hydrogen) atoms. The van der Waals surface area contributed by atoms with Gasteiger partial charge >= 0.3 is 5.97 Å². The molecule has 0 spiro atoms. The molecular weight excluding hydrogens is 254 g/mol. The van der Waals surface area contributed by atoms with E-state index in [0.717, 1.165) is 18.0 Å². The van der Waals surface area contributed by atoms with Crippen LogP contribution in [-0.2, 0) is 14.6 Å². The van der Waals surface area contributed by atoms with Gasteiger partial charge < -0.3 is 10.0 Å². The molecule has 0 saturated carbocycles. The van der Waals surface area contributed by atoms with Gasteiger partial charge in [0.25, 0.3) is 0 Å². The lowest BCUT2D eigenvalue weighted by atomic mass is 10.3.